The Bertz CT molecular complexity index is 306. The molecule has 0 saturated carbocycles. The van der Waals surface area contributed by atoms with Crippen molar-refractivity contribution in [3.63, 3.8) is 0 Å². The molecule has 0 heterocycles. The first-order valence-corrected chi connectivity index (χ1v) is 6.70. The van der Waals surface area contributed by atoms with Gasteiger partial charge in [-0.15, -0.1) is 0 Å². The molecule has 1 atom stereocenters. The lowest BCUT2D eigenvalue weighted by molar-refractivity contribution is 0.0980. The molecular formula is C15H24O3. The number of aliphatic hydroxyl groups is 1. The fourth-order valence-electron chi connectivity index (χ4n) is 1.63. The van der Waals surface area contributed by atoms with Gasteiger partial charge in [0.05, 0.1) is 12.7 Å². The predicted molar refractivity (Wildman–Crippen MR) is 73.0 cm³/mol. The highest BCUT2D eigenvalue weighted by molar-refractivity contribution is 5.27. The summed E-state index contributed by atoms with van der Waals surface area (Å²) in [4.78, 5) is 0. The predicted octanol–water partition coefficient (Wildman–Crippen LogP) is 2.81. The summed E-state index contributed by atoms with van der Waals surface area (Å²) < 4.78 is 11.0. The van der Waals surface area contributed by atoms with Crippen LogP contribution >= 0.6 is 0 Å². The molecule has 0 fully saturated rings. The van der Waals surface area contributed by atoms with Crippen LogP contribution in [0.2, 0.25) is 0 Å². The molecule has 1 rings (SSSR count). The largest absolute Gasteiger partial charge is 0.491 e. The van der Waals surface area contributed by atoms with Gasteiger partial charge in [0, 0.05) is 6.61 Å². The monoisotopic (exact) mass is 252 g/mol. The second-order valence-electron chi connectivity index (χ2n) is 4.51. The van der Waals surface area contributed by atoms with Crippen molar-refractivity contribution < 1.29 is 14.6 Å². The first-order valence-electron chi connectivity index (χ1n) is 6.70. The molecule has 0 aromatic heterocycles. The highest BCUT2D eigenvalue weighted by Crippen LogP contribution is 2.13. The molecule has 3 heteroatoms. The average Bonchev–Trinajstić information content (AvgIpc) is 2.35. The van der Waals surface area contributed by atoms with Gasteiger partial charge in [0.15, 0.2) is 0 Å². The second kappa shape index (κ2) is 8.95. The van der Waals surface area contributed by atoms with Gasteiger partial charge in [-0.05, 0) is 37.5 Å². The molecule has 0 bridgehead atoms. The topological polar surface area (TPSA) is 38.7 Å². The Morgan fingerprint density at radius 2 is 1.83 bits per heavy atom. The SMILES string of the molecule is CCCCOCCOc1ccc(CC(C)O)cc1. The van der Waals surface area contributed by atoms with E-state index in [1.807, 2.05) is 24.3 Å². The van der Waals surface area contributed by atoms with E-state index in [4.69, 9.17) is 9.47 Å². The van der Waals surface area contributed by atoms with E-state index in [0.29, 0.717) is 19.6 Å². The number of ether oxygens (including phenoxy) is 2. The van der Waals surface area contributed by atoms with Gasteiger partial charge < -0.3 is 14.6 Å². The van der Waals surface area contributed by atoms with Gasteiger partial charge in [-0.25, -0.2) is 0 Å². The van der Waals surface area contributed by atoms with Gasteiger partial charge >= 0.3 is 0 Å². The third-order valence-corrected chi connectivity index (χ3v) is 2.59. The fraction of sp³-hybridized carbons (Fsp3) is 0.600. The first kappa shape index (κ1) is 15.0. The Labute approximate surface area is 110 Å². The zero-order valence-electron chi connectivity index (χ0n) is 11.4. The van der Waals surface area contributed by atoms with Crippen LogP contribution in [0.25, 0.3) is 0 Å². The highest BCUT2D eigenvalue weighted by atomic mass is 16.5. The van der Waals surface area contributed by atoms with Gasteiger partial charge in [-0.3, -0.25) is 0 Å². The van der Waals surface area contributed by atoms with E-state index >= 15 is 0 Å². The van der Waals surface area contributed by atoms with Crippen molar-refractivity contribution in [2.45, 2.75) is 39.2 Å². The molecule has 0 aliphatic heterocycles. The van der Waals surface area contributed by atoms with Crippen LogP contribution in [0.5, 0.6) is 5.75 Å². The summed E-state index contributed by atoms with van der Waals surface area (Å²) in [5, 5.41) is 9.27. The molecule has 3 nitrogen and oxygen atoms in total. The summed E-state index contributed by atoms with van der Waals surface area (Å²) in [6.07, 6.45) is 2.64. The van der Waals surface area contributed by atoms with Crippen molar-refractivity contribution in [3.05, 3.63) is 29.8 Å². The Balaban J connectivity index is 2.18. The van der Waals surface area contributed by atoms with E-state index < -0.39 is 0 Å². The number of rotatable bonds is 9. The Morgan fingerprint density at radius 3 is 2.44 bits per heavy atom. The lowest BCUT2D eigenvalue weighted by Crippen LogP contribution is -2.07. The summed E-state index contributed by atoms with van der Waals surface area (Å²) in [7, 11) is 0. The molecule has 0 aliphatic rings. The lowest BCUT2D eigenvalue weighted by atomic mass is 10.1. The number of unbranched alkanes of at least 4 members (excludes halogenated alkanes) is 1. The minimum absolute atomic E-state index is 0.302. The van der Waals surface area contributed by atoms with Crippen molar-refractivity contribution in [3.8, 4) is 5.75 Å². The van der Waals surface area contributed by atoms with Crippen LogP contribution in [0.3, 0.4) is 0 Å². The molecule has 0 radical (unpaired) electrons. The van der Waals surface area contributed by atoms with E-state index in [0.717, 1.165) is 30.8 Å². The van der Waals surface area contributed by atoms with Crippen LogP contribution in [-0.4, -0.2) is 31.0 Å². The Kier molecular flexibility index (Phi) is 7.46. The van der Waals surface area contributed by atoms with Gasteiger partial charge in [0.2, 0.25) is 0 Å². The third-order valence-electron chi connectivity index (χ3n) is 2.59. The fourth-order valence-corrected chi connectivity index (χ4v) is 1.63. The van der Waals surface area contributed by atoms with E-state index in [9.17, 15) is 5.11 Å². The van der Waals surface area contributed by atoms with Gasteiger partial charge in [0.25, 0.3) is 0 Å². The molecule has 18 heavy (non-hydrogen) atoms. The maximum Gasteiger partial charge on any atom is 0.119 e. The molecule has 1 aromatic carbocycles. The standard InChI is InChI=1S/C15H24O3/c1-3-4-9-17-10-11-18-15-7-5-14(6-8-15)12-13(2)16/h5-8,13,16H,3-4,9-12H2,1-2H3. The van der Waals surface area contributed by atoms with E-state index in [1.165, 1.54) is 0 Å². The summed E-state index contributed by atoms with van der Waals surface area (Å²) >= 11 is 0. The summed E-state index contributed by atoms with van der Waals surface area (Å²) in [5.74, 6) is 0.850. The van der Waals surface area contributed by atoms with Gasteiger partial charge in [-0.2, -0.15) is 0 Å². The van der Waals surface area contributed by atoms with Gasteiger partial charge in [-0.1, -0.05) is 25.5 Å². The molecule has 0 aliphatic carbocycles. The number of aliphatic hydroxyl groups excluding tert-OH is 1. The van der Waals surface area contributed by atoms with E-state index in [-0.39, 0.29) is 6.10 Å². The third kappa shape index (κ3) is 6.62. The minimum Gasteiger partial charge on any atom is -0.491 e. The van der Waals surface area contributed by atoms with Crippen LogP contribution < -0.4 is 4.74 Å². The maximum absolute atomic E-state index is 9.27. The van der Waals surface area contributed by atoms with Crippen molar-refractivity contribution in [2.24, 2.45) is 0 Å². The van der Waals surface area contributed by atoms with Crippen molar-refractivity contribution in [1.29, 1.82) is 0 Å². The molecule has 0 amide bonds. The van der Waals surface area contributed by atoms with Crippen molar-refractivity contribution >= 4 is 0 Å². The zero-order chi connectivity index (χ0) is 13.2. The number of hydrogen-bond donors (Lipinski definition) is 1. The first-order chi connectivity index (χ1) is 8.72. The average molecular weight is 252 g/mol. The Hall–Kier alpha value is -1.06. The van der Waals surface area contributed by atoms with Crippen LogP contribution in [0.4, 0.5) is 0 Å². The maximum atomic E-state index is 9.27. The van der Waals surface area contributed by atoms with Crippen LogP contribution in [-0.2, 0) is 11.2 Å². The molecular weight excluding hydrogens is 228 g/mol. The normalized spacial score (nSPS) is 12.4. The molecule has 1 N–H and O–H groups in total. The summed E-state index contributed by atoms with van der Waals surface area (Å²) in [6.45, 7) is 5.97. The van der Waals surface area contributed by atoms with Crippen LogP contribution in [0.15, 0.2) is 24.3 Å². The van der Waals surface area contributed by atoms with Crippen molar-refractivity contribution in [2.75, 3.05) is 19.8 Å². The molecule has 1 aromatic rings. The second-order valence-corrected chi connectivity index (χ2v) is 4.51. The molecule has 0 spiro atoms. The zero-order valence-corrected chi connectivity index (χ0v) is 11.4. The molecule has 1 unspecified atom stereocenters. The number of hydrogen-bond acceptors (Lipinski definition) is 3. The van der Waals surface area contributed by atoms with Gasteiger partial charge in [0.1, 0.15) is 12.4 Å². The van der Waals surface area contributed by atoms with Crippen molar-refractivity contribution in [1.82, 2.24) is 0 Å². The lowest BCUT2D eigenvalue weighted by Gasteiger charge is -2.08. The van der Waals surface area contributed by atoms with E-state index in [2.05, 4.69) is 6.92 Å². The Morgan fingerprint density at radius 1 is 1.11 bits per heavy atom. The molecule has 102 valence electrons. The van der Waals surface area contributed by atoms with Crippen LogP contribution in [0.1, 0.15) is 32.3 Å². The van der Waals surface area contributed by atoms with E-state index in [1.54, 1.807) is 6.92 Å². The number of benzene rings is 1. The quantitative estimate of drug-likeness (QED) is 0.687. The smallest absolute Gasteiger partial charge is 0.119 e. The highest BCUT2D eigenvalue weighted by Gasteiger charge is 1.99. The van der Waals surface area contributed by atoms with Crippen LogP contribution in [0, 0.1) is 0 Å². The summed E-state index contributed by atoms with van der Waals surface area (Å²) in [5.41, 5.74) is 1.12. The molecule has 0 saturated heterocycles. The minimum atomic E-state index is -0.302. The summed E-state index contributed by atoms with van der Waals surface area (Å²) in [6, 6.07) is 7.84.